The van der Waals surface area contributed by atoms with E-state index in [2.05, 4.69) is 5.16 Å². The molecule has 84 valence electrons. The van der Waals surface area contributed by atoms with Gasteiger partial charge >= 0.3 is 7.12 Å². The summed E-state index contributed by atoms with van der Waals surface area (Å²) < 4.78 is 5.44. The van der Waals surface area contributed by atoms with E-state index < -0.39 is 12.7 Å². The van der Waals surface area contributed by atoms with Crippen LogP contribution in [0.2, 0.25) is 0 Å². The molecule has 0 saturated carbocycles. The minimum absolute atomic E-state index is 0.475. The minimum Gasteiger partial charge on any atom is -0.423 e. The predicted octanol–water partition coefficient (Wildman–Crippen LogP) is 0.838. The second-order valence-electron chi connectivity index (χ2n) is 4.47. The first-order valence-electron chi connectivity index (χ1n) is 5.15. The highest BCUT2D eigenvalue weighted by atomic mass is 16.5. The van der Waals surface area contributed by atoms with Crippen molar-refractivity contribution >= 4 is 18.3 Å². The average Bonchev–Trinajstić information content (AvgIpc) is 2.48. The monoisotopic (exact) mass is 219 g/mol. The third-order valence-electron chi connectivity index (χ3n) is 2.94. The first-order valence-corrected chi connectivity index (χ1v) is 5.15. The second kappa shape index (κ2) is 3.61. The molecule has 0 fully saturated rings. The molecule has 1 heterocycles. The van der Waals surface area contributed by atoms with E-state index in [1.807, 2.05) is 26.0 Å². The lowest BCUT2D eigenvalue weighted by molar-refractivity contribution is 0.101. The SMILES string of the molecule is C/C(=N/O)c1ccc2c(c1)B(O)OC2(C)C. The van der Waals surface area contributed by atoms with Gasteiger partial charge in [-0.2, -0.15) is 0 Å². The number of rotatable bonds is 1. The Morgan fingerprint density at radius 3 is 2.75 bits per heavy atom. The van der Waals surface area contributed by atoms with Crippen LogP contribution in [0.3, 0.4) is 0 Å². The van der Waals surface area contributed by atoms with E-state index in [0.717, 1.165) is 16.6 Å². The van der Waals surface area contributed by atoms with Crippen LogP contribution in [0.5, 0.6) is 0 Å². The summed E-state index contributed by atoms with van der Waals surface area (Å²) >= 11 is 0. The highest BCUT2D eigenvalue weighted by Crippen LogP contribution is 2.29. The molecule has 1 aliphatic heterocycles. The summed E-state index contributed by atoms with van der Waals surface area (Å²) in [7, 11) is -0.906. The molecule has 0 amide bonds. The second-order valence-corrected chi connectivity index (χ2v) is 4.47. The molecule has 2 N–H and O–H groups in total. The molecule has 0 saturated heterocycles. The van der Waals surface area contributed by atoms with Gasteiger partial charge in [-0.05, 0) is 37.4 Å². The third-order valence-corrected chi connectivity index (χ3v) is 2.94. The van der Waals surface area contributed by atoms with Crippen molar-refractivity contribution in [3.05, 3.63) is 29.3 Å². The zero-order valence-corrected chi connectivity index (χ0v) is 9.56. The average molecular weight is 219 g/mol. The predicted molar refractivity (Wildman–Crippen MR) is 62.2 cm³/mol. The number of hydrogen-bond acceptors (Lipinski definition) is 4. The van der Waals surface area contributed by atoms with Crippen LogP contribution in [0, 0.1) is 0 Å². The number of hydrogen-bond donors (Lipinski definition) is 2. The molecule has 16 heavy (non-hydrogen) atoms. The van der Waals surface area contributed by atoms with Crippen LogP contribution in [-0.2, 0) is 10.3 Å². The summed E-state index contributed by atoms with van der Waals surface area (Å²) in [6.07, 6.45) is 0. The molecule has 0 atom stereocenters. The van der Waals surface area contributed by atoms with Gasteiger partial charge in [0.25, 0.3) is 0 Å². The fraction of sp³-hybridized carbons (Fsp3) is 0.364. The van der Waals surface area contributed by atoms with E-state index >= 15 is 0 Å². The van der Waals surface area contributed by atoms with E-state index in [9.17, 15) is 5.02 Å². The molecule has 2 rings (SSSR count). The van der Waals surface area contributed by atoms with Gasteiger partial charge in [0.1, 0.15) is 0 Å². The summed E-state index contributed by atoms with van der Waals surface area (Å²) in [4.78, 5) is 0. The number of nitrogens with zero attached hydrogens (tertiary/aromatic N) is 1. The zero-order valence-electron chi connectivity index (χ0n) is 9.56. The largest absolute Gasteiger partial charge is 0.492 e. The summed E-state index contributed by atoms with van der Waals surface area (Å²) in [6.45, 7) is 5.53. The molecular formula is C11H14BNO3. The van der Waals surface area contributed by atoms with Gasteiger partial charge in [0, 0.05) is 0 Å². The van der Waals surface area contributed by atoms with Crippen LogP contribution in [0.15, 0.2) is 23.4 Å². The van der Waals surface area contributed by atoms with Gasteiger partial charge in [0.15, 0.2) is 0 Å². The maximum atomic E-state index is 9.77. The van der Waals surface area contributed by atoms with E-state index in [4.69, 9.17) is 9.86 Å². The van der Waals surface area contributed by atoms with Crippen molar-refractivity contribution in [2.45, 2.75) is 26.4 Å². The van der Waals surface area contributed by atoms with Gasteiger partial charge in [0.2, 0.25) is 0 Å². The van der Waals surface area contributed by atoms with E-state index in [0.29, 0.717) is 5.71 Å². The van der Waals surface area contributed by atoms with Crippen molar-refractivity contribution in [3.63, 3.8) is 0 Å². The summed E-state index contributed by atoms with van der Waals surface area (Å²) in [5.41, 5.74) is 2.53. The van der Waals surface area contributed by atoms with Gasteiger partial charge in [-0.3, -0.25) is 0 Å². The highest BCUT2D eigenvalue weighted by molar-refractivity contribution is 6.62. The smallest absolute Gasteiger partial charge is 0.423 e. The molecule has 5 heteroatoms. The molecule has 0 aromatic heterocycles. The first kappa shape index (κ1) is 11.2. The van der Waals surface area contributed by atoms with Crippen LogP contribution in [0.1, 0.15) is 31.9 Å². The van der Waals surface area contributed by atoms with Crippen molar-refractivity contribution in [1.82, 2.24) is 0 Å². The summed E-state index contributed by atoms with van der Waals surface area (Å²) in [5, 5.41) is 21.6. The van der Waals surface area contributed by atoms with Crippen LogP contribution in [-0.4, -0.2) is 23.1 Å². The van der Waals surface area contributed by atoms with Crippen molar-refractivity contribution in [2.24, 2.45) is 5.16 Å². The first-order chi connectivity index (χ1) is 7.45. The van der Waals surface area contributed by atoms with E-state index in [1.165, 1.54) is 0 Å². The topological polar surface area (TPSA) is 62.1 Å². The Kier molecular flexibility index (Phi) is 2.52. The summed E-state index contributed by atoms with van der Waals surface area (Å²) in [5.74, 6) is 0. The lowest BCUT2D eigenvalue weighted by Crippen LogP contribution is -2.29. The molecule has 0 radical (unpaired) electrons. The number of oxime groups is 1. The van der Waals surface area contributed by atoms with Gasteiger partial charge < -0.3 is 14.9 Å². The third kappa shape index (κ3) is 1.62. The van der Waals surface area contributed by atoms with Gasteiger partial charge in [-0.25, -0.2) is 0 Å². The Morgan fingerprint density at radius 2 is 2.12 bits per heavy atom. The van der Waals surface area contributed by atoms with Crippen molar-refractivity contribution in [3.8, 4) is 0 Å². The van der Waals surface area contributed by atoms with Gasteiger partial charge in [-0.1, -0.05) is 23.4 Å². The normalized spacial score (nSPS) is 18.8. The number of benzene rings is 1. The van der Waals surface area contributed by atoms with Crippen molar-refractivity contribution in [1.29, 1.82) is 0 Å². The Labute approximate surface area is 94.7 Å². The molecule has 0 aliphatic carbocycles. The Hall–Kier alpha value is -1.33. The van der Waals surface area contributed by atoms with E-state index in [-0.39, 0.29) is 0 Å². The molecule has 0 unspecified atom stereocenters. The molecular weight excluding hydrogens is 205 g/mol. The molecule has 1 aromatic rings. The Morgan fingerprint density at radius 1 is 1.44 bits per heavy atom. The lowest BCUT2D eigenvalue weighted by Gasteiger charge is -2.19. The maximum Gasteiger partial charge on any atom is 0.492 e. The fourth-order valence-corrected chi connectivity index (χ4v) is 2.00. The van der Waals surface area contributed by atoms with Crippen molar-refractivity contribution < 1.29 is 14.9 Å². The van der Waals surface area contributed by atoms with Crippen LogP contribution < -0.4 is 5.46 Å². The molecule has 1 aliphatic rings. The standard InChI is InChI=1S/C11H14BNO3/c1-7(13-15)8-4-5-9-10(6-8)12(14)16-11(9,2)3/h4-6,14-15H,1-3H3/b13-7-. The minimum atomic E-state index is -0.906. The number of fused-ring (bicyclic) bond motifs is 1. The maximum absolute atomic E-state index is 9.77. The van der Waals surface area contributed by atoms with Crippen LogP contribution >= 0.6 is 0 Å². The molecule has 0 bridgehead atoms. The molecule has 4 nitrogen and oxygen atoms in total. The highest BCUT2D eigenvalue weighted by Gasteiger charge is 2.40. The molecule has 1 aromatic carbocycles. The lowest BCUT2D eigenvalue weighted by atomic mass is 9.77. The van der Waals surface area contributed by atoms with Gasteiger partial charge in [-0.15, -0.1) is 0 Å². The van der Waals surface area contributed by atoms with Crippen molar-refractivity contribution in [2.75, 3.05) is 0 Å². The quantitative estimate of drug-likeness (QED) is 0.318. The van der Waals surface area contributed by atoms with Crippen LogP contribution in [0.25, 0.3) is 0 Å². The van der Waals surface area contributed by atoms with E-state index in [1.54, 1.807) is 13.0 Å². The van der Waals surface area contributed by atoms with Crippen LogP contribution in [0.4, 0.5) is 0 Å². The van der Waals surface area contributed by atoms with Gasteiger partial charge in [0.05, 0.1) is 11.3 Å². The Balaban J connectivity index is 2.53. The summed E-state index contributed by atoms with van der Waals surface area (Å²) in [6, 6.07) is 5.55. The zero-order chi connectivity index (χ0) is 11.9. The Bertz CT molecular complexity index is 457. The molecule has 0 spiro atoms. The fourth-order valence-electron chi connectivity index (χ4n) is 2.00.